The summed E-state index contributed by atoms with van der Waals surface area (Å²) in [6.07, 6.45) is 3.17. The van der Waals surface area contributed by atoms with Gasteiger partial charge < -0.3 is 14.5 Å². The first-order valence-corrected chi connectivity index (χ1v) is 11.9. The van der Waals surface area contributed by atoms with E-state index in [2.05, 4.69) is 5.16 Å². The highest BCUT2D eigenvalue weighted by molar-refractivity contribution is 6.35. The molecule has 0 unspecified atom stereocenters. The van der Waals surface area contributed by atoms with Gasteiger partial charge in [0.1, 0.15) is 12.4 Å². The van der Waals surface area contributed by atoms with E-state index in [1.54, 1.807) is 30.3 Å². The van der Waals surface area contributed by atoms with Gasteiger partial charge in [0.2, 0.25) is 0 Å². The number of nitrogens with zero attached hydrogens (tertiary/aromatic N) is 2. The number of hydrogen-bond acceptors (Lipinski definition) is 4. The van der Waals surface area contributed by atoms with Crippen LogP contribution in [0.2, 0.25) is 15.1 Å². The maximum Gasteiger partial charge on any atom is 0.258 e. The van der Waals surface area contributed by atoms with Crippen molar-refractivity contribution >= 4 is 41.0 Å². The van der Waals surface area contributed by atoms with Crippen LogP contribution in [0.5, 0.6) is 5.75 Å². The van der Waals surface area contributed by atoms with E-state index < -0.39 is 0 Å². The molecule has 0 bridgehead atoms. The lowest BCUT2D eigenvalue weighted by Crippen LogP contribution is -2.25. The van der Waals surface area contributed by atoms with Crippen molar-refractivity contribution in [3.8, 4) is 5.75 Å². The van der Waals surface area contributed by atoms with Crippen LogP contribution in [-0.2, 0) is 24.4 Å². The van der Waals surface area contributed by atoms with E-state index in [1.807, 2.05) is 42.5 Å². The van der Waals surface area contributed by atoms with Crippen molar-refractivity contribution in [1.29, 1.82) is 0 Å². The molecule has 0 aliphatic carbocycles. The molecule has 0 saturated heterocycles. The molecule has 5 nitrogen and oxygen atoms in total. The number of oxime groups is 1. The molecule has 0 atom stereocenters. The quantitative estimate of drug-likeness (QED) is 0.205. The van der Waals surface area contributed by atoms with Crippen LogP contribution in [-0.4, -0.2) is 15.9 Å². The summed E-state index contributed by atoms with van der Waals surface area (Å²) >= 11 is 18.4. The number of hydrogen-bond donors (Lipinski definition) is 1. The van der Waals surface area contributed by atoms with Crippen LogP contribution in [0, 0.1) is 0 Å². The Labute approximate surface area is 217 Å². The first-order valence-electron chi connectivity index (χ1n) is 10.7. The fourth-order valence-corrected chi connectivity index (χ4v) is 4.25. The van der Waals surface area contributed by atoms with E-state index in [1.165, 1.54) is 17.0 Å². The monoisotopic (exact) mass is 526 g/mol. The Hall–Kier alpha value is -3.25. The Bertz CT molecular complexity index is 1420. The molecule has 35 heavy (non-hydrogen) atoms. The molecule has 0 saturated carbocycles. The van der Waals surface area contributed by atoms with Gasteiger partial charge in [-0.2, -0.15) is 0 Å². The molecule has 4 rings (SSSR count). The predicted octanol–water partition coefficient (Wildman–Crippen LogP) is 6.70. The average molecular weight is 528 g/mol. The number of benzene rings is 3. The second-order valence-electron chi connectivity index (χ2n) is 7.88. The van der Waals surface area contributed by atoms with Gasteiger partial charge in [0.25, 0.3) is 5.56 Å². The average Bonchev–Trinajstić information content (AvgIpc) is 2.84. The molecule has 1 N–H and O–H groups in total. The summed E-state index contributed by atoms with van der Waals surface area (Å²) in [7, 11) is 0. The van der Waals surface area contributed by atoms with Gasteiger partial charge in [-0.1, -0.05) is 88.5 Å². The number of pyridine rings is 1. The van der Waals surface area contributed by atoms with Crippen molar-refractivity contribution in [2.45, 2.75) is 19.6 Å². The van der Waals surface area contributed by atoms with E-state index in [9.17, 15) is 9.90 Å². The fraction of sp³-hybridized carbons (Fsp3) is 0.111. The molecule has 3 aromatic carbocycles. The Kier molecular flexibility index (Phi) is 8.13. The van der Waals surface area contributed by atoms with Gasteiger partial charge in [-0.25, -0.2) is 0 Å². The molecule has 0 aliphatic rings. The number of rotatable bonds is 8. The van der Waals surface area contributed by atoms with Crippen LogP contribution in [0.4, 0.5) is 0 Å². The molecule has 178 valence electrons. The number of aromatic nitrogens is 1. The van der Waals surface area contributed by atoms with E-state index >= 15 is 0 Å². The zero-order chi connectivity index (χ0) is 24.8. The van der Waals surface area contributed by atoms with Crippen LogP contribution in [0.1, 0.15) is 27.8 Å². The van der Waals surface area contributed by atoms with E-state index in [0.717, 1.165) is 16.7 Å². The lowest BCUT2D eigenvalue weighted by Gasteiger charge is -2.14. The third-order valence-electron chi connectivity index (χ3n) is 5.34. The van der Waals surface area contributed by atoms with Gasteiger partial charge in [0.05, 0.1) is 23.9 Å². The molecule has 0 spiro atoms. The summed E-state index contributed by atoms with van der Waals surface area (Å²) in [5.74, 6) is -0.146. The molecule has 8 heteroatoms. The van der Waals surface area contributed by atoms with Gasteiger partial charge >= 0.3 is 0 Å². The third-order valence-corrected chi connectivity index (χ3v) is 6.16. The first kappa shape index (κ1) is 24.9. The van der Waals surface area contributed by atoms with Crippen LogP contribution in [0.15, 0.2) is 88.9 Å². The predicted molar refractivity (Wildman–Crippen MR) is 141 cm³/mol. The highest BCUT2D eigenvalue weighted by Gasteiger charge is 2.16. The highest BCUT2D eigenvalue weighted by Crippen LogP contribution is 2.24. The van der Waals surface area contributed by atoms with Crippen LogP contribution in [0.3, 0.4) is 0 Å². The Morgan fingerprint density at radius 1 is 0.914 bits per heavy atom. The summed E-state index contributed by atoms with van der Waals surface area (Å²) in [6.45, 7) is 0.399. The van der Waals surface area contributed by atoms with Crippen molar-refractivity contribution < 1.29 is 9.94 Å². The Morgan fingerprint density at radius 2 is 1.66 bits per heavy atom. The number of halogens is 3. The fourth-order valence-electron chi connectivity index (χ4n) is 3.57. The van der Waals surface area contributed by atoms with E-state index in [0.29, 0.717) is 20.6 Å². The highest BCUT2D eigenvalue weighted by atomic mass is 35.5. The molecule has 0 amide bonds. The summed E-state index contributed by atoms with van der Waals surface area (Å²) in [5.41, 5.74) is 2.73. The molecule has 4 aromatic rings. The molecule has 0 radical (unpaired) electrons. The minimum atomic E-state index is -0.325. The zero-order valence-corrected chi connectivity index (χ0v) is 20.8. The normalized spacial score (nSPS) is 11.2. The molecular weight excluding hydrogens is 507 g/mol. The summed E-state index contributed by atoms with van der Waals surface area (Å²) < 4.78 is 1.49. The maximum atomic E-state index is 13.3. The minimum Gasteiger partial charge on any atom is -0.507 e. The zero-order valence-electron chi connectivity index (χ0n) is 18.5. The first-order chi connectivity index (χ1) is 16.9. The topological polar surface area (TPSA) is 63.8 Å². The van der Waals surface area contributed by atoms with Crippen molar-refractivity contribution in [2.75, 3.05) is 0 Å². The second kappa shape index (κ2) is 11.5. The largest absolute Gasteiger partial charge is 0.507 e. The maximum absolute atomic E-state index is 13.3. The summed E-state index contributed by atoms with van der Waals surface area (Å²) in [6, 6.07) is 21.8. The lowest BCUT2D eigenvalue weighted by molar-refractivity contribution is 0.132. The van der Waals surface area contributed by atoms with Crippen molar-refractivity contribution in [3.05, 3.63) is 132 Å². The standard InChI is InChI=1S/C27H21Cl3N2O3/c28-22-8-4-7-19(11-22)17-35-31-14-21-16-32(15-20-9-10-23(29)13-25(20)30)27(34)24(26(21)33)12-18-5-2-1-3-6-18/h1-11,13-14,16,33H,12,15,17H2. The van der Waals surface area contributed by atoms with Gasteiger partial charge in [0.15, 0.2) is 0 Å². The number of aromatic hydroxyl groups is 1. The summed E-state index contributed by atoms with van der Waals surface area (Å²) in [5, 5.41) is 16.5. The molecule has 0 fully saturated rings. The minimum absolute atomic E-state index is 0.146. The molecule has 0 aliphatic heterocycles. The SMILES string of the molecule is O=c1c(Cc2ccccc2)c(O)c(C=NOCc2cccc(Cl)c2)cn1Cc1ccc(Cl)cc1Cl. The van der Waals surface area contributed by atoms with Gasteiger partial charge in [-0.15, -0.1) is 0 Å². The van der Waals surface area contributed by atoms with Gasteiger partial charge in [0, 0.05) is 27.7 Å². The van der Waals surface area contributed by atoms with Gasteiger partial charge in [-0.3, -0.25) is 4.79 Å². The third kappa shape index (κ3) is 6.45. The van der Waals surface area contributed by atoms with Crippen LogP contribution in [0.25, 0.3) is 0 Å². The van der Waals surface area contributed by atoms with E-state index in [-0.39, 0.29) is 36.4 Å². The molecule has 1 aromatic heterocycles. The van der Waals surface area contributed by atoms with Crippen molar-refractivity contribution in [2.24, 2.45) is 5.16 Å². The smallest absolute Gasteiger partial charge is 0.258 e. The molecular formula is C27H21Cl3N2O3. The van der Waals surface area contributed by atoms with Gasteiger partial charge in [-0.05, 0) is 41.0 Å². The van der Waals surface area contributed by atoms with E-state index in [4.69, 9.17) is 39.6 Å². The Morgan fingerprint density at radius 3 is 2.40 bits per heavy atom. The lowest BCUT2D eigenvalue weighted by atomic mass is 10.0. The molecule has 1 heterocycles. The van der Waals surface area contributed by atoms with Crippen LogP contribution >= 0.6 is 34.8 Å². The second-order valence-corrected chi connectivity index (χ2v) is 9.16. The Balaban J connectivity index is 1.66. The summed E-state index contributed by atoms with van der Waals surface area (Å²) in [4.78, 5) is 18.7. The van der Waals surface area contributed by atoms with Crippen molar-refractivity contribution in [1.82, 2.24) is 4.57 Å². The van der Waals surface area contributed by atoms with Crippen LogP contribution < -0.4 is 5.56 Å². The van der Waals surface area contributed by atoms with Crippen molar-refractivity contribution in [3.63, 3.8) is 0 Å².